The lowest BCUT2D eigenvalue weighted by Gasteiger charge is -2.45. The molecule has 0 saturated heterocycles. The van der Waals surface area contributed by atoms with E-state index >= 15 is 0 Å². The smallest absolute Gasteiger partial charge is 0.319 e. The fraction of sp³-hybridized carbons (Fsp3) is 0.588. The third-order valence-corrected chi connectivity index (χ3v) is 4.55. The summed E-state index contributed by atoms with van der Waals surface area (Å²) in [6, 6.07) is 6.86. The molecule has 2 amide bonds. The summed E-state index contributed by atoms with van der Waals surface area (Å²) in [5.74, 6) is 0. The van der Waals surface area contributed by atoms with Crippen LogP contribution in [-0.2, 0) is 0 Å². The van der Waals surface area contributed by atoms with Crippen LogP contribution in [0.1, 0.15) is 40.0 Å². The Bertz CT molecular complexity index is 547. The molecule has 3 N–H and O–H groups in total. The quantitative estimate of drug-likeness (QED) is 0.785. The first-order valence-corrected chi connectivity index (χ1v) is 8.04. The number of rotatable bonds is 3. The highest BCUT2D eigenvalue weighted by atomic mass is 35.5. The predicted octanol–water partition coefficient (Wildman–Crippen LogP) is 4.04. The molecule has 4 nitrogen and oxygen atoms in total. The molecule has 2 atom stereocenters. The summed E-state index contributed by atoms with van der Waals surface area (Å²) in [5.41, 5.74) is 0.586. The van der Waals surface area contributed by atoms with Crippen molar-refractivity contribution in [2.75, 3.05) is 11.9 Å². The van der Waals surface area contributed by atoms with E-state index < -0.39 is 0 Å². The number of benzene rings is 1. The summed E-state index contributed by atoms with van der Waals surface area (Å²) >= 11 is 6.03. The molecule has 2 rings (SSSR count). The van der Waals surface area contributed by atoms with Gasteiger partial charge in [0.2, 0.25) is 0 Å². The monoisotopic (exact) mass is 324 g/mol. The zero-order valence-corrected chi connectivity index (χ0v) is 14.2. The van der Waals surface area contributed by atoms with Crippen LogP contribution in [0.5, 0.6) is 0 Å². The molecule has 5 heteroatoms. The molecule has 0 unspecified atom stereocenters. The number of carbonyl (C=O) groups excluding carboxylic acids is 1. The van der Waals surface area contributed by atoms with Crippen LogP contribution in [0.4, 0.5) is 10.5 Å². The number of amides is 2. The van der Waals surface area contributed by atoms with Crippen molar-refractivity contribution >= 4 is 23.3 Å². The topological polar surface area (TPSA) is 61.4 Å². The second-order valence-electron chi connectivity index (χ2n) is 7.50. The van der Waals surface area contributed by atoms with E-state index in [0.29, 0.717) is 23.7 Å². The lowest BCUT2D eigenvalue weighted by molar-refractivity contribution is -0.00744. The van der Waals surface area contributed by atoms with Gasteiger partial charge in [0, 0.05) is 6.54 Å². The van der Waals surface area contributed by atoms with Gasteiger partial charge in [-0.2, -0.15) is 0 Å². The summed E-state index contributed by atoms with van der Waals surface area (Å²) < 4.78 is 0. The first-order valence-electron chi connectivity index (χ1n) is 7.67. The minimum absolute atomic E-state index is 0.0906. The van der Waals surface area contributed by atoms with E-state index in [2.05, 4.69) is 31.4 Å². The van der Waals surface area contributed by atoms with Crippen molar-refractivity contribution in [1.29, 1.82) is 0 Å². The number of aliphatic hydroxyl groups is 1. The first-order chi connectivity index (χ1) is 10.2. The van der Waals surface area contributed by atoms with E-state index in [9.17, 15) is 9.90 Å². The van der Waals surface area contributed by atoms with E-state index in [0.717, 1.165) is 12.8 Å². The summed E-state index contributed by atoms with van der Waals surface area (Å²) in [5, 5.41) is 16.2. The average molecular weight is 325 g/mol. The van der Waals surface area contributed by atoms with Crippen LogP contribution in [0.2, 0.25) is 5.02 Å². The molecule has 22 heavy (non-hydrogen) atoms. The van der Waals surface area contributed by atoms with Gasteiger partial charge in [0.1, 0.15) is 0 Å². The number of aliphatic hydroxyl groups excluding tert-OH is 1. The Hall–Kier alpha value is -1.26. The summed E-state index contributed by atoms with van der Waals surface area (Å²) in [4.78, 5) is 12.0. The molecule has 1 aliphatic carbocycles. The van der Waals surface area contributed by atoms with Crippen LogP contribution in [0.3, 0.4) is 0 Å². The number of anilines is 1. The zero-order chi connectivity index (χ0) is 16.4. The van der Waals surface area contributed by atoms with Crippen molar-refractivity contribution in [3.8, 4) is 0 Å². The van der Waals surface area contributed by atoms with Gasteiger partial charge in [-0.15, -0.1) is 0 Å². The van der Waals surface area contributed by atoms with Crippen molar-refractivity contribution in [3.05, 3.63) is 29.3 Å². The Morgan fingerprint density at radius 3 is 2.64 bits per heavy atom. The number of carbonyl (C=O) groups is 1. The molecule has 0 bridgehead atoms. The Morgan fingerprint density at radius 2 is 2.00 bits per heavy atom. The van der Waals surface area contributed by atoms with Gasteiger partial charge in [0.25, 0.3) is 0 Å². The van der Waals surface area contributed by atoms with E-state index in [-0.39, 0.29) is 23.0 Å². The van der Waals surface area contributed by atoms with Crippen molar-refractivity contribution in [3.63, 3.8) is 0 Å². The van der Waals surface area contributed by atoms with Crippen LogP contribution in [0, 0.1) is 10.8 Å². The molecule has 1 aromatic carbocycles. The van der Waals surface area contributed by atoms with E-state index in [4.69, 9.17) is 11.6 Å². The number of halogens is 1. The number of nitrogens with one attached hydrogen (secondary N) is 2. The van der Waals surface area contributed by atoms with E-state index in [1.807, 2.05) is 12.1 Å². The van der Waals surface area contributed by atoms with Gasteiger partial charge in [-0.25, -0.2) is 4.79 Å². The fourth-order valence-electron chi connectivity index (χ4n) is 3.74. The maximum Gasteiger partial charge on any atom is 0.319 e. The van der Waals surface area contributed by atoms with Gasteiger partial charge in [-0.3, -0.25) is 0 Å². The number of para-hydroxylation sites is 1. The molecular weight excluding hydrogens is 300 g/mol. The largest absolute Gasteiger partial charge is 0.393 e. The summed E-state index contributed by atoms with van der Waals surface area (Å²) in [6.07, 6.45) is 2.20. The lowest BCUT2D eigenvalue weighted by Crippen LogP contribution is -2.46. The van der Waals surface area contributed by atoms with Gasteiger partial charge in [0.15, 0.2) is 0 Å². The maximum absolute atomic E-state index is 12.0. The molecule has 0 radical (unpaired) electrons. The number of urea groups is 1. The van der Waals surface area contributed by atoms with Gasteiger partial charge < -0.3 is 15.7 Å². The first kappa shape index (κ1) is 17.1. The van der Waals surface area contributed by atoms with Crippen LogP contribution >= 0.6 is 11.6 Å². The second kappa shape index (κ2) is 6.47. The summed E-state index contributed by atoms with van der Waals surface area (Å²) in [6.45, 7) is 6.98. The minimum Gasteiger partial charge on any atom is -0.393 e. The molecule has 0 aromatic heterocycles. The lowest BCUT2D eigenvalue weighted by atomic mass is 9.63. The fourth-order valence-corrected chi connectivity index (χ4v) is 3.92. The van der Waals surface area contributed by atoms with E-state index in [1.165, 1.54) is 0 Å². The standard InChI is InChI=1S/C17H25ClN2O2/c1-16(2)8-12(21)9-17(3,10-16)11-19-15(22)20-14-7-5-4-6-13(14)18/h4-7,12,21H,8-11H2,1-3H3,(H2,19,20,22)/t12-,17+/m1/s1. The van der Waals surface area contributed by atoms with Crippen molar-refractivity contribution < 1.29 is 9.90 Å². The highest BCUT2D eigenvalue weighted by Gasteiger charge is 2.40. The Balaban J connectivity index is 1.92. The van der Waals surface area contributed by atoms with Crippen molar-refractivity contribution in [2.24, 2.45) is 10.8 Å². The molecule has 122 valence electrons. The molecule has 1 aliphatic rings. The number of hydrogen-bond acceptors (Lipinski definition) is 2. The molecule has 1 fully saturated rings. The Morgan fingerprint density at radius 1 is 1.32 bits per heavy atom. The van der Waals surface area contributed by atoms with Gasteiger partial charge >= 0.3 is 6.03 Å². The Labute approximate surface area is 137 Å². The maximum atomic E-state index is 12.0. The SMILES string of the molecule is CC1(C)C[C@@H](O)C[C@](C)(CNC(=O)Nc2ccccc2Cl)C1. The van der Waals surface area contributed by atoms with Crippen LogP contribution in [0.25, 0.3) is 0 Å². The van der Waals surface area contributed by atoms with Crippen LogP contribution in [-0.4, -0.2) is 23.8 Å². The molecule has 0 aliphatic heterocycles. The molecule has 1 aromatic rings. The third kappa shape index (κ3) is 4.62. The van der Waals surface area contributed by atoms with Crippen LogP contribution < -0.4 is 10.6 Å². The summed E-state index contributed by atoms with van der Waals surface area (Å²) in [7, 11) is 0. The minimum atomic E-state index is -0.304. The average Bonchev–Trinajstić information content (AvgIpc) is 2.36. The van der Waals surface area contributed by atoms with Gasteiger partial charge in [0.05, 0.1) is 16.8 Å². The number of hydrogen-bond donors (Lipinski definition) is 3. The zero-order valence-electron chi connectivity index (χ0n) is 13.4. The highest BCUT2D eigenvalue weighted by molar-refractivity contribution is 6.33. The Kier molecular flexibility index (Phi) is 5.03. The van der Waals surface area contributed by atoms with Gasteiger partial charge in [-0.05, 0) is 42.2 Å². The van der Waals surface area contributed by atoms with Crippen molar-refractivity contribution in [2.45, 2.75) is 46.1 Å². The molecule has 0 spiro atoms. The molecule has 1 saturated carbocycles. The molecule has 0 heterocycles. The van der Waals surface area contributed by atoms with Gasteiger partial charge in [-0.1, -0.05) is 44.5 Å². The predicted molar refractivity (Wildman–Crippen MR) is 90.2 cm³/mol. The normalized spacial score (nSPS) is 27.2. The molecular formula is C17H25ClN2O2. The van der Waals surface area contributed by atoms with Crippen molar-refractivity contribution in [1.82, 2.24) is 5.32 Å². The third-order valence-electron chi connectivity index (χ3n) is 4.22. The second-order valence-corrected chi connectivity index (χ2v) is 7.91. The highest BCUT2D eigenvalue weighted by Crippen LogP contribution is 2.45. The van der Waals surface area contributed by atoms with E-state index in [1.54, 1.807) is 12.1 Å². The van der Waals surface area contributed by atoms with Crippen LogP contribution in [0.15, 0.2) is 24.3 Å².